The Morgan fingerprint density at radius 1 is 1.00 bits per heavy atom. The molecule has 2 aromatic carbocycles. The van der Waals surface area contributed by atoms with Gasteiger partial charge in [-0.3, -0.25) is 9.59 Å². The quantitative estimate of drug-likeness (QED) is 0.800. The number of amides is 2. The van der Waals surface area contributed by atoms with Crippen LogP contribution in [0.15, 0.2) is 48.5 Å². The molecule has 1 atom stereocenters. The number of rotatable bonds is 4. The number of hydrogen-bond donors (Lipinski definition) is 0. The third-order valence-electron chi connectivity index (χ3n) is 5.66. The smallest absolute Gasteiger partial charge is 0.258 e. The van der Waals surface area contributed by atoms with Crippen LogP contribution in [0.5, 0.6) is 5.75 Å². The highest BCUT2D eigenvalue weighted by molar-refractivity contribution is 6.01. The van der Waals surface area contributed by atoms with E-state index in [1.807, 2.05) is 53.4 Å². The van der Waals surface area contributed by atoms with Gasteiger partial charge in [-0.2, -0.15) is 0 Å². The standard InChI is InChI=1S/C23H26N2O4/c1-28-21-10-9-18(17-6-3-2-4-7-17)16-19(21)22(26)25-11-5-8-20(25)23(27)24-12-14-29-15-13-24/h2-4,6-7,9-10,16,20H,5,8,11-15H2,1H3. The molecule has 0 aliphatic carbocycles. The molecule has 0 bridgehead atoms. The van der Waals surface area contributed by atoms with Crippen LogP contribution in [0.25, 0.3) is 11.1 Å². The van der Waals surface area contributed by atoms with E-state index >= 15 is 0 Å². The molecule has 2 amide bonds. The van der Waals surface area contributed by atoms with E-state index in [0.717, 1.165) is 17.5 Å². The number of carbonyl (C=O) groups excluding carboxylic acids is 2. The summed E-state index contributed by atoms with van der Waals surface area (Å²) in [5, 5.41) is 0. The van der Waals surface area contributed by atoms with E-state index < -0.39 is 6.04 Å². The molecule has 6 nitrogen and oxygen atoms in total. The molecule has 2 heterocycles. The summed E-state index contributed by atoms with van der Waals surface area (Å²) in [6, 6.07) is 15.2. The van der Waals surface area contributed by atoms with Crippen molar-refractivity contribution in [2.24, 2.45) is 0 Å². The van der Waals surface area contributed by atoms with Gasteiger partial charge in [-0.05, 0) is 36.1 Å². The van der Waals surface area contributed by atoms with Crippen molar-refractivity contribution >= 4 is 11.8 Å². The topological polar surface area (TPSA) is 59.1 Å². The lowest BCUT2D eigenvalue weighted by Gasteiger charge is -2.32. The van der Waals surface area contributed by atoms with Crippen LogP contribution >= 0.6 is 0 Å². The van der Waals surface area contributed by atoms with E-state index in [0.29, 0.717) is 50.6 Å². The van der Waals surface area contributed by atoms with E-state index in [1.54, 1.807) is 12.0 Å². The molecular formula is C23H26N2O4. The van der Waals surface area contributed by atoms with Crippen LogP contribution < -0.4 is 4.74 Å². The lowest BCUT2D eigenvalue weighted by Crippen LogP contribution is -2.51. The van der Waals surface area contributed by atoms with Crippen LogP contribution in [0, 0.1) is 0 Å². The second-order valence-corrected chi connectivity index (χ2v) is 7.38. The number of nitrogens with zero attached hydrogens (tertiary/aromatic N) is 2. The molecule has 2 aliphatic rings. The zero-order valence-corrected chi connectivity index (χ0v) is 16.7. The van der Waals surface area contributed by atoms with Crippen molar-refractivity contribution < 1.29 is 19.1 Å². The van der Waals surface area contributed by atoms with E-state index in [2.05, 4.69) is 0 Å². The van der Waals surface area contributed by atoms with Gasteiger partial charge in [-0.1, -0.05) is 36.4 Å². The molecule has 152 valence electrons. The van der Waals surface area contributed by atoms with Gasteiger partial charge in [-0.25, -0.2) is 0 Å². The van der Waals surface area contributed by atoms with Crippen LogP contribution in [-0.4, -0.2) is 67.6 Å². The number of methoxy groups -OCH3 is 1. The van der Waals surface area contributed by atoms with E-state index in [-0.39, 0.29) is 11.8 Å². The maximum Gasteiger partial charge on any atom is 0.258 e. The molecule has 6 heteroatoms. The fraction of sp³-hybridized carbons (Fsp3) is 0.391. The summed E-state index contributed by atoms with van der Waals surface area (Å²) in [6.07, 6.45) is 1.52. The summed E-state index contributed by atoms with van der Waals surface area (Å²) in [6.45, 7) is 2.87. The summed E-state index contributed by atoms with van der Waals surface area (Å²) < 4.78 is 10.8. The normalized spacial score (nSPS) is 19.3. The van der Waals surface area contributed by atoms with Crippen molar-refractivity contribution in [2.45, 2.75) is 18.9 Å². The van der Waals surface area contributed by atoms with Crippen molar-refractivity contribution in [3.8, 4) is 16.9 Å². The van der Waals surface area contributed by atoms with Gasteiger partial charge in [0.2, 0.25) is 5.91 Å². The van der Waals surface area contributed by atoms with E-state index in [4.69, 9.17) is 9.47 Å². The van der Waals surface area contributed by atoms with Crippen molar-refractivity contribution in [3.63, 3.8) is 0 Å². The van der Waals surface area contributed by atoms with Crippen molar-refractivity contribution in [2.75, 3.05) is 40.0 Å². The summed E-state index contributed by atoms with van der Waals surface area (Å²) >= 11 is 0. The predicted molar refractivity (Wildman–Crippen MR) is 110 cm³/mol. The van der Waals surface area contributed by atoms with Gasteiger partial charge in [0.15, 0.2) is 0 Å². The Morgan fingerprint density at radius 2 is 1.76 bits per heavy atom. The Kier molecular flexibility index (Phi) is 5.81. The van der Waals surface area contributed by atoms with Gasteiger partial charge in [-0.15, -0.1) is 0 Å². The number of carbonyl (C=O) groups is 2. The first kappa shape index (κ1) is 19.5. The number of ether oxygens (including phenoxy) is 2. The van der Waals surface area contributed by atoms with Crippen molar-refractivity contribution in [3.05, 3.63) is 54.1 Å². The Bertz CT molecular complexity index is 878. The van der Waals surface area contributed by atoms with Crippen molar-refractivity contribution in [1.82, 2.24) is 9.80 Å². The fourth-order valence-electron chi connectivity index (χ4n) is 4.10. The number of benzene rings is 2. The maximum atomic E-state index is 13.5. The SMILES string of the molecule is COc1ccc(-c2ccccc2)cc1C(=O)N1CCCC1C(=O)N1CCOCC1. The van der Waals surface area contributed by atoms with E-state index in [9.17, 15) is 9.59 Å². The average molecular weight is 394 g/mol. The van der Waals surface area contributed by atoms with Crippen LogP contribution in [-0.2, 0) is 9.53 Å². The Balaban J connectivity index is 1.61. The first-order chi connectivity index (χ1) is 14.2. The minimum atomic E-state index is -0.411. The molecule has 0 radical (unpaired) electrons. The van der Waals surface area contributed by atoms with E-state index in [1.165, 1.54) is 0 Å². The van der Waals surface area contributed by atoms with Crippen LogP contribution in [0.1, 0.15) is 23.2 Å². The molecule has 0 spiro atoms. The van der Waals surface area contributed by atoms with Gasteiger partial charge >= 0.3 is 0 Å². The fourth-order valence-corrected chi connectivity index (χ4v) is 4.10. The first-order valence-electron chi connectivity index (χ1n) is 10.1. The second kappa shape index (κ2) is 8.66. The molecule has 0 N–H and O–H groups in total. The predicted octanol–water partition coefficient (Wildman–Crippen LogP) is 2.83. The molecule has 0 aromatic heterocycles. The number of hydrogen-bond acceptors (Lipinski definition) is 4. The molecule has 0 saturated carbocycles. The zero-order chi connectivity index (χ0) is 20.2. The summed E-state index contributed by atoms with van der Waals surface area (Å²) in [5.41, 5.74) is 2.48. The molecule has 2 aliphatic heterocycles. The molecule has 2 saturated heterocycles. The van der Waals surface area contributed by atoms with Gasteiger partial charge in [0.1, 0.15) is 11.8 Å². The first-order valence-corrected chi connectivity index (χ1v) is 10.1. The molecule has 4 rings (SSSR count). The molecule has 1 unspecified atom stereocenters. The molecule has 2 fully saturated rings. The number of morpholine rings is 1. The summed E-state index contributed by atoms with van der Waals surface area (Å²) in [7, 11) is 1.56. The lowest BCUT2D eigenvalue weighted by molar-refractivity contribution is -0.139. The summed E-state index contributed by atoms with van der Waals surface area (Å²) in [5.74, 6) is 0.403. The van der Waals surface area contributed by atoms with Crippen LogP contribution in [0.3, 0.4) is 0 Å². The molecule has 2 aromatic rings. The maximum absolute atomic E-state index is 13.5. The zero-order valence-electron chi connectivity index (χ0n) is 16.7. The highest BCUT2D eigenvalue weighted by Gasteiger charge is 2.38. The van der Waals surface area contributed by atoms with Gasteiger partial charge in [0.05, 0.1) is 25.9 Å². The van der Waals surface area contributed by atoms with Gasteiger partial charge in [0.25, 0.3) is 5.91 Å². The molecule has 29 heavy (non-hydrogen) atoms. The largest absolute Gasteiger partial charge is 0.496 e. The minimum Gasteiger partial charge on any atom is -0.496 e. The average Bonchev–Trinajstić information content (AvgIpc) is 3.28. The van der Waals surface area contributed by atoms with Crippen molar-refractivity contribution in [1.29, 1.82) is 0 Å². The third-order valence-corrected chi connectivity index (χ3v) is 5.66. The Hall–Kier alpha value is -2.86. The highest BCUT2D eigenvalue weighted by Crippen LogP contribution is 2.30. The monoisotopic (exact) mass is 394 g/mol. The molecular weight excluding hydrogens is 368 g/mol. The number of likely N-dealkylation sites (tertiary alicyclic amines) is 1. The Labute approximate surface area is 171 Å². The third kappa shape index (κ3) is 3.98. The lowest BCUT2D eigenvalue weighted by atomic mass is 10.0. The van der Waals surface area contributed by atoms with Gasteiger partial charge in [0, 0.05) is 19.6 Å². The van der Waals surface area contributed by atoms with Crippen LogP contribution in [0.2, 0.25) is 0 Å². The van der Waals surface area contributed by atoms with Crippen LogP contribution in [0.4, 0.5) is 0 Å². The second-order valence-electron chi connectivity index (χ2n) is 7.38. The minimum absolute atomic E-state index is 0.0253. The van der Waals surface area contributed by atoms with Gasteiger partial charge < -0.3 is 19.3 Å². The highest BCUT2D eigenvalue weighted by atomic mass is 16.5. The Morgan fingerprint density at radius 3 is 2.48 bits per heavy atom. The summed E-state index contributed by atoms with van der Waals surface area (Å²) in [4.78, 5) is 30.0.